The Labute approximate surface area is 199 Å². The summed E-state index contributed by atoms with van der Waals surface area (Å²) < 4.78 is 10.8. The van der Waals surface area contributed by atoms with Gasteiger partial charge in [-0.05, 0) is 55.1 Å². The minimum absolute atomic E-state index is 0. The third kappa shape index (κ3) is 7.10. The topological polar surface area (TPSA) is 24.9 Å². The van der Waals surface area contributed by atoms with Gasteiger partial charge in [0.15, 0.2) is 0 Å². The van der Waals surface area contributed by atoms with E-state index in [4.69, 9.17) is 9.47 Å². The molecule has 4 rings (SSSR count). The van der Waals surface area contributed by atoms with Crippen LogP contribution in [0.15, 0.2) is 54.6 Å². The van der Waals surface area contributed by atoms with E-state index >= 15 is 0 Å². The average Bonchev–Trinajstić information content (AvgIpc) is 2.81. The molecule has 1 atom stereocenters. The Morgan fingerprint density at radius 1 is 0.806 bits per heavy atom. The fourth-order valence-electron chi connectivity index (χ4n) is 4.83. The summed E-state index contributed by atoms with van der Waals surface area (Å²) in [6.45, 7) is 8.72. The highest BCUT2D eigenvalue weighted by atomic mass is 35.5. The summed E-state index contributed by atoms with van der Waals surface area (Å²) in [6.07, 6.45) is 2.52. The van der Waals surface area contributed by atoms with Gasteiger partial charge in [0.05, 0.1) is 20.3 Å². The summed E-state index contributed by atoms with van der Waals surface area (Å²) in [5, 5.41) is 0. The van der Waals surface area contributed by atoms with Crippen LogP contribution in [0.1, 0.15) is 29.9 Å². The van der Waals surface area contributed by atoms with Gasteiger partial charge in [0.2, 0.25) is 0 Å². The first-order valence-electron chi connectivity index (χ1n) is 11.0. The van der Waals surface area contributed by atoms with Gasteiger partial charge in [-0.2, -0.15) is 0 Å². The molecular formula is C25H36Cl2N2O2. The Kier molecular flexibility index (Phi) is 11.1. The molecule has 2 heterocycles. The van der Waals surface area contributed by atoms with Gasteiger partial charge in [-0.1, -0.05) is 42.5 Å². The SMILES string of the molecule is COc1ccc(C(c2ccccc2)C2CCN(CCN3CCOCC3)CC2)cc1.Cl.Cl. The first kappa shape index (κ1) is 26.0. The maximum absolute atomic E-state index is 5.47. The van der Waals surface area contributed by atoms with Crippen molar-refractivity contribution in [2.75, 3.05) is 59.6 Å². The van der Waals surface area contributed by atoms with Gasteiger partial charge in [-0.15, -0.1) is 24.8 Å². The summed E-state index contributed by atoms with van der Waals surface area (Å²) in [6, 6.07) is 19.7. The fraction of sp³-hybridized carbons (Fsp3) is 0.520. The van der Waals surface area contributed by atoms with Crippen molar-refractivity contribution in [2.45, 2.75) is 18.8 Å². The molecule has 0 aliphatic carbocycles. The number of hydrogen-bond acceptors (Lipinski definition) is 4. The van der Waals surface area contributed by atoms with Gasteiger partial charge >= 0.3 is 0 Å². The van der Waals surface area contributed by atoms with Crippen LogP contribution in [0.25, 0.3) is 0 Å². The number of morpholine rings is 1. The molecule has 31 heavy (non-hydrogen) atoms. The summed E-state index contributed by atoms with van der Waals surface area (Å²) in [5.74, 6) is 2.08. The van der Waals surface area contributed by atoms with E-state index in [-0.39, 0.29) is 24.8 Å². The Morgan fingerprint density at radius 2 is 1.35 bits per heavy atom. The number of piperidine rings is 1. The van der Waals surface area contributed by atoms with Gasteiger partial charge < -0.3 is 14.4 Å². The predicted octanol–water partition coefficient (Wildman–Crippen LogP) is 4.71. The number of benzene rings is 2. The first-order chi connectivity index (χ1) is 14.3. The van der Waals surface area contributed by atoms with Crippen LogP contribution < -0.4 is 4.74 Å². The molecule has 4 nitrogen and oxygen atoms in total. The fourth-order valence-corrected chi connectivity index (χ4v) is 4.83. The molecular weight excluding hydrogens is 431 g/mol. The molecule has 0 N–H and O–H groups in total. The largest absolute Gasteiger partial charge is 0.497 e. The lowest BCUT2D eigenvalue weighted by atomic mass is 9.76. The minimum atomic E-state index is 0. The predicted molar refractivity (Wildman–Crippen MR) is 132 cm³/mol. The van der Waals surface area contributed by atoms with E-state index in [1.807, 2.05) is 0 Å². The molecule has 1 unspecified atom stereocenters. The molecule has 2 aromatic rings. The summed E-state index contributed by atoms with van der Waals surface area (Å²) in [7, 11) is 1.73. The Balaban J connectivity index is 0.00000171. The molecule has 0 saturated carbocycles. The smallest absolute Gasteiger partial charge is 0.118 e. The molecule has 2 aromatic carbocycles. The second-order valence-electron chi connectivity index (χ2n) is 8.29. The third-order valence-corrected chi connectivity index (χ3v) is 6.57. The van der Waals surface area contributed by atoms with Crippen LogP contribution >= 0.6 is 24.8 Å². The van der Waals surface area contributed by atoms with Crippen molar-refractivity contribution in [1.82, 2.24) is 9.80 Å². The normalized spacial score (nSPS) is 19.1. The van der Waals surface area contributed by atoms with E-state index in [1.165, 1.54) is 50.1 Å². The van der Waals surface area contributed by atoms with Crippen molar-refractivity contribution >= 4 is 24.8 Å². The van der Waals surface area contributed by atoms with E-state index in [0.717, 1.165) is 32.1 Å². The number of hydrogen-bond donors (Lipinski definition) is 0. The summed E-state index contributed by atoms with van der Waals surface area (Å²) >= 11 is 0. The van der Waals surface area contributed by atoms with Crippen molar-refractivity contribution in [2.24, 2.45) is 5.92 Å². The Morgan fingerprint density at radius 3 is 1.94 bits per heavy atom. The lowest BCUT2D eigenvalue weighted by molar-refractivity contribution is 0.0312. The number of halogens is 2. The summed E-state index contributed by atoms with van der Waals surface area (Å²) in [5.41, 5.74) is 2.84. The standard InChI is InChI=1S/C25H34N2O2.2ClH/c1-28-24-9-7-22(8-10-24)25(21-5-3-2-4-6-21)23-11-13-26(14-12-23)15-16-27-17-19-29-20-18-27;;/h2-10,23,25H,11-20H2,1H3;2*1H. The van der Waals surface area contributed by atoms with Gasteiger partial charge in [-0.3, -0.25) is 4.90 Å². The minimum Gasteiger partial charge on any atom is -0.497 e. The van der Waals surface area contributed by atoms with E-state index in [2.05, 4.69) is 64.4 Å². The van der Waals surface area contributed by atoms with E-state index in [0.29, 0.717) is 11.8 Å². The highest BCUT2D eigenvalue weighted by Crippen LogP contribution is 2.38. The molecule has 0 amide bonds. The zero-order chi connectivity index (χ0) is 19.9. The molecule has 6 heteroatoms. The number of rotatable bonds is 7. The third-order valence-electron chi connectivity index (χ3n) is 6.57. The highest BCUT2D eigenvalue weighted by Gasteiger charge is 2.29. The maximum Gasteiger partial charge on any atom is 0.118 e. The Hall–Kier alpha value is -1.30. The average molecular weight is 467 g/mol. The van der Waals surface area contributed by atoms with Crippen LogP contribution in [0.3, 0.4) is 0 Å². The molecule has 0 radical (unpaired) electrons. The van der Waals surface area contributed by atoms with Crippen LogP contribution in [0, 0.1) is 5.92 Å². The molecule has 2 fully saturated rings. The van der Waals surface area contributed by atoms with Crippen LogP contribution in [-0.2, 0) is 4.74 Å². The van der Waals surface area contributed by atoms with Crippen LogP contribution in [0.4, 0.5) is 0 Å². The van der Waals surface area contributed by atoms with Crippen molar-refractivity contribution < 1.29 is 9.47 Å². The lowest BCUT2D eigenvalue weighted by Gasteiger charge is -2.38. The molecule has 0 bridgehead atoms. The molecule has 2 aliphatic heterocycles. The second-order valence-corrected chi connectivity index (χ2v) is 8.29. The van der Waals surface area contributed by atoms with Crippen molar-refractivity contribution in [3.63, 3.8) is 0 Å². The molecule has 0 spiro atoms. The maximum atomic E-state index is 5.47. The second kappa shape index (κ2) is 13.3. The number of ether oxygens (including phenoxy) is 2. The highest BCUT2D eigenvalue weighted by molar-refractivity contribution is 5.85. The van der Waals surface area contributed by atoms with Gasteiger partial charge in [0.1, 0.15) is 5.75 Å². The zero-order valence-electron chi connectivity index (χ0n) is 18.4. The van der Waals surface area contributed by atoms with E-state index in [9.17, 15) is 0 Å². The van der Waals surface area contributed by atoms with Gasteiger partial charge in [-0.25, -0.2) is 0 Å². The monoisotopic (exact) mass is 466 g/mol. The quantitative estimate of drug-likeness (QED) is 0.589. The lowest BCUT2D eigenvalue weighted by Crippen LogP contribution is -2.44. The molecule has 0 aromatic heterocycles. The van der Waals surface area contributed by atoms with Gasteiger partial charge in [0.25, 0.3) is 0 Å². The zero-order valence-corrected chi connectivity index (χ0v) is 20.1. The molecule has 2 saturated heterocycles. The number of methoxy groups -OCH3 is 1. The van der Waals surface area contributed by atoms with Crippen molar-refractivity contribution in [3.8, 4) is 5.75 Å². The van der Waals surface area contributed by atoms with Crippen LogP contribution in [0.2, 0.25) is 0 Å². The molecule has 2 aliphatic rings. The van der Waals surface area contributed by atoms with Crippen molar-refractivity contribution in [3.05, 3.63) is 65.7 Å². The summed E-state index contributed by atoms with van der Waals surface area (Å²) in [4.78, 5) is 5.20. The van der Waals surface area contributed by atoms with Gasteiger partial charge in [0, 0.05) is 32.1 Å². The van der Waals surface area contributed by atoms with Crippen LogP contribution in [0.5, 0.6) is 5.75 Å². The first-order valence-corrected chi connectivity index (χ1v) is 11.0. The number of likely N-dealkylation sites (tertiary alicyclic amines) is 1. The Bertz CT molecular complexity index is 731. The van der Waals surface area contributed by atoms with E-state index < -0.39 is 0 Å². The van der Waals surface area contributed by atoms with Crippen LogP contribution in [-0.4, -0.2) is 69.4 Å². The molecule has 172 valence electrons. The number of nitrogens with zero attached hydrogens (tertiary/aromatic N) is 2. The van der Waals surface area contributed by atoms with Crippen molar-refractivity contribution in [1.29, 1.82) is 0 Å². The van der Waals surface area contributed by atoms with E-state index in [1.54, 1.807) is 7.11 Å².